The van der Waals surface area contributed by atoms with E-state index in [9.17, 15) is 9.59 Å². The van der Waals surface area contributed by atoms with Crippen molar-refractivity contribution in [2.45, 2.75) is 19.8 Å². The van der Waals surface area contributed by atoms with Crippen LogP contribution in [0.5, 0.6) is 0 Å². The Labute approximate surface area is 71.4 Å². The van der Waals surface area contributed by atoms with Crippen LogP contribution >= 0.6 is 0 Å². The van der Waals surface area contributed by atoms with Crippen molar-refractivity contribution in [2.24, 2.45) is 5.92 Å². The fourth-order valence-corrected chi connectivity index (χ4v) is 1.28. The van der Waals surface area contributed by atoms with Crippen LogP contribution in [0.1, 0.15) is 19.8 Å². The second kappa shape index (κ2) is 4.21. The number of hydroxylamine groups is 2. The highest BCUT2D eigenvalue weighted by Crippen LogP contribution is 2.14. The zero-order chi connectivity index (χ0) is 8.97. The molecule has 0 unspecified atom stereocenters. The van der Waals surface area contributed by atoms with Crippen molar-refractivity contribution >= 4 is 12.3 Å². The summed E-state index contributed by atoms with van der Waals surface area (Å²) in [5.74, 6) is -0.142. The molecule has 0 saturated carbocycles. The molecule has 0 aromatic heterocycles. The van der Waals surface area contributed by atoms with Crippen LogP contribution in [0.25, 0.3) is 0 Å². The van der Waals surface area contributed by atoms with Crippen molar-refractivity contribution in [1.82, 2.24) is 5.06 Å². The quantitative estimate of drug-likeness (QED) is 0.563. The standard InChI is InChI=1S/C8H13NO3/c1-7(11)12-9-4-2-8(6-10)3-5-9/h6,8H,2-5H2,1H3. The molecule has 4 heteroatoms. The van der Waals surface area contributed by atoms with E-state index in [0.717, 1.165) is 19.1 Å². The van der Waals surface area contributed by atoms with Gasteiger partial charge in [-0.2, -0.15) is 0 Å². The summed E-state index contributed by atoms with van der Waals surface area (Å²) in [5.41, 5.74) is 0. The monoisotopic (exact) mass is 171 g/mol. The Morgan fingerprint density at radius 1 is 1.50 bits per heavy atom. The SMILES string of the molecule is CC(=O)ON1CCC(C=O)CC1. The largest absolute Gasteiger partial charge is 0.368 e. The second-order valence-corrected chi connectivity index (χ2v) is 2.99. The van der Waals surface area contributed by atoms with Crippen LogP contribution in [0.3, 0.4) is 0 Å². The minimum Gasteiger partial charge on any atom is -0.368 e. The number of piperidine rings is 1. The number of nitrogens with zero attached hydrogens (tertiary/aromatic N) is 1. The molecule has 0 amide bonds. The lowest BCUT2D eigenvalue weighted by Crippen LogP contribution is -2.35. The van der Waals surface area contributed by atoms with Gasteiger partial charge in [-0.05, 0) is 12.8 Å². The van der Waals surface area contributed by atoms with Gasteiger partial charge in [0.25, 0.3) is 0 Å². The molecule has 0 radical (unpaired) electrons. The van der Waals surface area contributed by atoms with Gasteiger partial charge in [0.1, 0.15) is 6.29 Å². The van der Waals surface area contributed by atoms with Gasteiger partial charge < -0.3 is 9.63 Å². The molecule has 0 N–H and O–H groups in total. The minimum absolute atomic E-state index is 0.150. The lowest BCUT2D eigenvalue weighted by molar-refractivity contribution is -0.193. The van der Waals surface area contributed by atoms with Gasteiger partial charge in [-0.15, -0.1) is 5.06 Å². The first-order valence-electron chi connectivity index (χ1n) is 4.11. The van der Waals surface area contributed by atoms with E-state index in [4.69, 9.17) is 4.84 Å². The normalized spacial score (nSPS) is 20.4. The van der Waals surface area contributed by atoms with Gasteiger partial charge in [-0.25, -0.2) is 0 Å². The second-order valence-electron chi connectivity index (χ2n) is 2.99. The molecule has 4 nitrogen and oxygen atoms in total. The molecule has 0 bridgehead atoms. The molecule has 12 heavy (non-hydrogen) atoms. The van der Waals surface area contributed by atoms with E-state index >= 15 is 0 Å². The summed E-state index contributed by atoms with van der Waals surface area (Å²) in [7, 11) is 0. The van der Waals surface area contributed by atoms with Crippen LogP contribution in [0, 0.1) is 5.92 Å². The average molecular weight is 171 g/mol. The molecule has 1 heterocycles. The Hall–Kier alpha value is -0.900. The number of carbonyl (C=O) groups is 2. The molecule has 1 fully saturated rings. The fourth-order valence-electron chi connectivity index (χ4n) is 1.28. The molecule has 1 aliphatic rings. The van der Waals surface area contributed by atoms with Crippen LogP contribution < -0.4 is 0 Å². The molecule has 0 aromatic rings. The molecule has 0 spiro atoms. The summed E-state index contributed by atoms with van der Waals surface area (Å²) in [6.45, 7) is 2.72. The van der Waals surface area contributed by atoms with Crippen LogP contribution in [0.2, 0.25) is 0 Å². The van der Waals surface area contributed by atoms with E-state index in [1.165, 1.54) is 6.92 Å². The predicted octanol–water partition coefficient (Wildman–Crippen LogP) is 0.375. The maximum absolute atomic E-state index is 10.5. The van der Waals surface area contributed by atoms with Gasteiger partial charge in [0, 0.05) is 25.9 Å². The molecular formula is C8H13NO3. The van der Waals surface area contributed by atoms with Gasteiger partial charge in [-0.1, -0.05) is 0 Å². The van der Waals surface area contributed by atoms with E-state index in [2.05, 4.69) is 0 Å². The Balaban J connectivity index is 2.26. The van der Waals surface area contributed by atoms with Gasteiger partial charge >= 0.3 is 5.97 Å². The highest BCUT2D eigenvalue weighted by Gasteiger charge is 2.19. The summed E-state index contributed by atoms with van der Waals surface area (Å²) in [5, 5.41) is 1.61. The summed E-state index contributed by atoms with van der Waals surface area (Å²) in [6, 6.07) is 0. The predicted molar refractivity (Wildman–Crippen MR) is 42.1 cm³/mol. The first-order valence-corrected chi connectivity index (χ1v) is 4.11. The maximum Gasteiger partial charge on any atom is 0.322 e. The molecular weight excluding hydrogens is 158 g/mol. The highest BCUT2D eigenvalue weighted by atomic mass is 16.7. The zero-order valence-corrected chi connectivity index (χ0v) is 7.16. The Kier molecular flexibility index (Phi) is 3.22. The molecule has 0 aliphatic carbocycles. The number of carbonyl (C=O) groups excluding carboxylic acids is 2. The van der Waals surface area contributed by atoms with Crippen LogP contribution in [-0.4, -0.2) is 30.4 Å². The van der Waals surface area contributed by atoms with E-state index in [1.54, 1.807) is 5.06 Å². The van der Waals surface area contributed by atoms with Crippen LogP contribution in [0.4, 0.5) is 0 Å². The van der Waals surface area contributed by atoms with Crippen molar-refractivity contribution in [2.75, 3.05) is 13.1 Å². The summed E-state index contributed by atoms with van der Waals surface area (Å²) >= 11 is 0. The first-order chi connectivity index (χ1) is 5.72. The van der Waals surface area contributed by atoms with E-state index in [-0.39, 0.29) is 11.9 Å². The number of hydrogen-bond acceptors (Lipinski definition) is 4. The van der Waals surface area contributed by atoms with Crippen LogP contribution in [0.15, 0.2) is 0 Å². The molecule has 1 aliphatic heterocycles. The third kappa shape index (κ3) is 2.62. The molecule has 0 aromatic carbocycles. The van der Waals surface area contributed by atoms with Crippen LogP contribution in [-0.2, 0) is 14.4 Å². The molecule has 1 rings (SSSR count). The summed E-state index contributed by atoms with van der Waals surface area (Å²) in [6.07, 6.45) is 2.55. The maximum atomic E-state index is 10.5. The van der Waals surface area contributed by atoms with Gasteiger partial charge in [0.05, 0.1) is 0 Å². The van der Waals surface area contributed by atoms with Gasteiger partial charge in [0.2, 0.25) is 0 Å². The molecule has 0 atom stereocenters. The van der Waals surface area contributed by atoms with E-state index < -0.39 is 0 Å². The highest BCUT2D eigenvalue weighted by molar-refractivity contribution is 5.65. The lowest BCUT2D eigenvalue weighted by atomic mass is 10.0. The van der Waals surface area contributed by atoms with Crippen molar-refractivity contribution < 1.29 is 14.4 Å². The molecule has 68 valence electrons. The van der Waals surface area contributed by atoms with Crippen molar-refractivity contribution in [3.63, 3.8) is 0 Å². The number of hydrogen-bond donors (Lipinski definition) is 0. The smallest absolute Gasteiger partial charge is 0.322 e. The minimum atomic E-state index is -0.292. The lowest BCUT2D eigenvalue weighted by Gasteiger charge is -2.27. The summed E-state index contributed by atoms with van der Waals surface area (Å²) in [4.78, 5) is 25.8. The fraction of sp³-hybridized carbons (Fsp3) is 0.750. The average Bonchev–Trinajstić information content (AvgIpc) is 2.05. The van der Waals surface area contributed by atoms with Crippen molar-refractivity contribution in [3.8, 4) is 0 Å². The topological polar surface area (TPSA) is 46.6 Å². The Morgan fingerprint density at radius 3 is 2.50 bits per heavy atom. The van der Waals surface area contributed by atoms with Crippen molar-refractivity contribution in [3.05, 3.63) is 0 Å². The van der Waals surface area contributed by atoms with Gasteiger partial charge in [-0.3, -0.25) is 4.79 Å². The first kappa shape index (κ1) is 9.19. The third-order valence-corrected chi connectivity index (χ3v) is 1.95. The van der Waals surface area contributed by atoms with Crippen molar-refractivity contribution in [1.29, 1.82) is 0 Å². The van der Waals surface area contributed by atoms with Gasteiger partial charge in [0.15, 0.2) is 0 Å². The zero-order valence-electron chi connectivity index (χ0n) is 7.16. The van der Waals surface area contributed by atoms with E-state index in [0.29, 0.717) is 13.1 Å². The Bertz CT molecular complexity index is 173. The summed E-state index contributed by atoms with van der Waals surface area (Å²) < 4.78 is 0. The number of rotatable bonds is 2. The molecule has 1 saturated heterocycles. The number of aldehydes is 1. The Morgan fingerprint density at radius 2 is 2.08 bits per heavy atom. The third-order valence-electron chi connectivity index (χ3n) is 1.95. The van der Waals surface area contributed by atoms with E-state index in [1.807, 2.05) is 0 Å².